The number of nitrogens with zero attached hydrogens (tertiary/aromatic N) is 2. The molecule has 0 radical (unpaired) electrons. The molecule has 1 aromatic carbocycles. The van der Waals surface area contributed by atoms with Gasteiger partial charge in [0.2, 0.25) is 10.0 Å². The molecule has 0 N–H and O–H groups in total. The van der Waals surface area contributed by atoms with Gasteiger partial charge in [-0.3, -0.25) is 4.98 Å². The summed E-state index contributed by atoms with van der Waals surface area (Å²) in [6.07, 6.45) is 18.2. The maximum absolute atomic E-state index is 12.3. The van der Waals surface area contributed by atoms with Crippen molar-refractivity contribution in [3.05, 3.63) is 65.5 Å². The third-order valence-corrected chi connectivity index (χ3v) is 12.1. The molecule has 6 heteroatoms. The molecule has 2 aromatic rings. The summed E-state index contributed by atoms with van der Waals surface area (Å²) >= 11 is 0. The normalized spacial score (nSPS) is 39.4. The number of allylic oxidation sites excluding steroid dienone is 1. The van der Waals surface area contributed by atoms with Crippen LogP contribution < -0.4 is 0 Å². The van der Waals surface area contributed by atoms with Crippen LogP contribution in [0.3, 0.4) is 0 Å². The Kier molecular flexibility index (Phi) is 4.83. The number of benzene rings is 1. The number of sulfonamides is 1. The zero-order valence-electron chi connectivity index (χ0n) is 21.5. The molecule has 2 saturated carbocycles. The second-order valence-corrected chi connectivity index (χ2v) is 14.4. The molecule has 3 aliphatic carbocycles. The van der Waals surface area contributed by atoms with Crippen LogP contribution in [0, 0.1) is 11.3 Å². The van der Waals surface area contributed by atoms with Crippen LogP contribution in [0.15, 0.2) is 60.0 Å². The molecule has 0 unspecified atom stereocenters. The van der Waals surface area contributed by atoms with Crippen molar-refractivity contribution < 1.29 is 13.2 Å². The summed E-state index contributed by atoms with van der Waals surface area (Å²) in [4.78, 5) is 4.36. The Morgan fingerprint density at radius 1 is 1.11 bits per heavy atom. The van der Waals surface area contributed by atoms with Crippen molar-refractivity contribution in [2.45, 2.75) is 81.5 Å². The molecule has 190 valence electrons. The summed E-state index contributed by atoms with van der Waals surface area (Å²) in [7, 11) is -1.48. The first-order chi connectivity index (χ1) is 17.1. The molecule has 2 aliphatic heterocycles. The van der Waals surface area contributed by atoms with E-state index in [1.807, 2.05) is 12.4 Å². The smallest absolute Gasteiger partial charge is 0.211 e. The van der Waals surface area contributed by atoms with Crippen LogP contribution in [-0.4, -0.2) is 48.3 Å². The summed E-state index contributed by atoms with van der Waals surface area (Å²) in [6.45, 7) is 2.50. The van der Waals surface area contributed by atoms with Gasteiger partial charge in [0.1, 0.15) is 0 Å². The molecular weight excluding hydrogens is 468 g/mol. The van der Waals surface area contributed by atoms with Crippen molar-refractivity contribution >= 4 is 20.8 Å². The van der Waals surface area contributed by atoms with Crippen LogP contribution in [0.1, 0.15) is 69.8 Å². The van der Waals surface area contributed by atoms with E-state index in [9.17, 15) is 8.42 Å². The molecule has 3 fully saturated rings. The lowest BCUT2D eigenvalue weighted by atomic mass is 9.58. The van der Waals surface area contributed by atoms with E-state index in [-0.39, 0.29) is 22.7 Å². The molecule has 1 aromatic heterocycles. The minimum Gasteiger partial charge on any atom is -0.359 e. The first-order valence-corrected chi connectivity index (χ1v) is 15.4. The molecule has 5 nitrogen and oxygen atoms in total. The standard InChI is InChI=1S/C30H36N2O3S/c1-28-12-10-24-17-23-6-7-25(32(2)36(3,33)34)18-29(23)13-14-30(24,35-29)27(28)9-8-26(28)21-5-4-20-11-15-31-19-22(20)16-21/h4-5,10-11,15-17,19,25-27H,6-9,12-14,18H2,1-3H3/t25-,26-,27-,28-,29-,30-/m1/s1. The van der Waals surface area contributed by atoms with Gasteiger partial charge in [-0.15, -0.1) is 0 Å². The van der Waals surface area contributed by atoms with E-state index in [4.69, 9.17) is 4.74 Å². The lowest BCUT2D eigenvalue weighted by Gasteiger charge is -2.54. The molecule has 3 heterocycles. The van der Waals surface area contributed by atoms with E-state index in [1.54, 1.807) is 11.4 Å². The van der Waals surface area contributed by atoms with Crippen molar-refractivity contribution in [3.63, 3.8) is 0 Å². The van der Waals surface area contributed by atoms with E-state index in [0.29, 0.717) is 11.8 Å². The number of rotatable bonds is 3. The second-order valence-electron chi connectivity index (χ2n) is 12.4. The molecule has 1 saturated heterocycles. The third-order valence-electron chi connectivity index (χ3n) is 10.8. The van der Waals surface area contributed by atoms with Crippen LogP contribution in [0.5, 0.6) is 0 Å². The van der Waals surface area contributed by atoms with Gasteiger partial charge in [0, 0.05) is 30.9 Å². The molecule has 7 rings (SSSR count). The summed E-state index contributed by atoms with van der Waals surface area (Å²) in [5.41, 5.74) is 3.86. The van der Waals surface area contributed by atoms with E-state index >= 15 is 0 Å². The lowest BCUT2D eigenvalue weighted by molar-refractivity contribution is -0.138. The van der Waals surface area contributed by atoms with Gasteiger partial charge in [0.25, 0.3) is 0 Å². The minimum absolute atomic E-state index is 0.00957. The highest BCUT2D eigenvalue weighted by atomic mass is 32.2. The third kappa shape index (κ3) is 3.07. The van der Waals surface area contributed by atoms with E-state index in [2.05, 4.69) is 48.3 Å². The average Bonchev–Trinajstić information content (AvgIpc) is 3.37. The van der Waals surface area contributed by atoms with Gasteiger partial charge in [0.15, 0.2) is 0 Å². The monoisotopic (exact) mass is 504 g/mol. The van der Waals surface area contributed by atoms with Gasteiger partial charge in [-0.2, -0.15) is 0 Å². The molecule has 2 spiro atoms. The Balaban J connectivity index is 1.25. The van der Waals surface area contributed by atoms with Crippen LogP contribution in [0.2, 0.25) is 0 Å². The highest BCUT2D eigenvalue weighted by Gasteiger charge is 2.66. The number of pyridine rings is 1. The van der Waals surface area contributed by atoms with E-state index in [0.717, 1.165) is 38.5 Å². The second kappa shape index (κ2) is 7.52. The Hall–Kier alpha value is -2.02. The Labute approximate surface area is 214 Å². The fourth-order valence-electron chi connectivity index (χ4n) is 8.83. The van der Waals surface area contributed by atoms with E-state index in [1.165, 1.54) is 46.6 Å². The van der Waals surface area contributed by atoms with Crippen LogP contribution >= 0.6 is 0 Å². The number of ether oxygens (including phenoxy) is 1. The Morgan fingerprint density at radius 2 is 1.97 bits per heavy atom. The van der Waals surface area contributed by atoms with Gasteiger partial charge in [-0.05, 0) is 103 Å². The number of aromatic nitrogens is 1. The average molecular weight is 505 g/mol. The predicted octanol–water partition coefficient (Wildman–Crippen LogP) is 5.74. The molecule has 5 aliphatic rings. The summed E-state index contributed by atoms with van der Waals surface area (Å²) in [6, 6.07) is 9.04. The van der Waals surface area contributed by atoms with Gasteiger partial charge < -0.3 is 4.74 Å². The maximum atomic E-state index is 12.3. The van der Waals surface area contributed by atoms with Crippen LogP contribution in [-0.2, 0) is 14.8 Å². The zero-order valence-corrected chi connectivity index (χ0v) is 22.4. The predicted molar refractivity (Wildman–Crippen MR) is 142 cm³/mol. The largest absolute Gasteiger partial charge is 0.359 e. The van der Waals surface area contributed by atoms with Crippen LogP contribution in [0.25, 0.3) is 10.8 Å². The fraction of sp³-hybridized carbons (Fsp3) is 0.567. The van der Waals surface area contributed by atoms with Gasteiger partial charge in [-0.25, -0.2) is 12.7 Å². The van der Waals surface area contributed by atoms with Gasteiger partial charge in [0.05, 0.1) is 17.5 Å². The van der Waals surface area contributed by atoms with E-state index < -0.39 is 10.0 Å². The minimum atomic E-state index is -3.22. The fourth-order valence-corrected chi connectivity index (χ4v) is 9.55. The molecule has 0 amide bonds. The lowest BCUT2D eigenvalue weighted by Crippen LogP contribution is -2.55. The molecule has 2 bridgehead atoms. The van der Waals surface area contributed by atoms with Crippen molar-refractivity contribution in [3.8, 4) is 0 Å². The van der Waals surface area contributed by atoms with Gasteiger partial charge in [-0.1, -0.05) is 31.2 Å². The van der Waals surface area contributed by atoms with Crippen molar-refractivity contribution in [2.75, 3.05) is 13.3 Å². The number of hydrogen-bond donors (Lipinski definition) is 0. The topological polar surface area (TPSA) is 59.5 Å². The first-order valence-electron chi connectivity index (χ1n) is 13.5. The SMILES string of the molecule is CN([C@@H]1CCC2=CC3=CC[C@]4(C)[C@@H](c5ccc6ccncc6c5)CC[C@H]4[C@@]34CC[C@]2(C1)O4)S(C)(=O)=O. The Morgan fingerprint density at radius 3 is 2.81 bits per heavy atom. The maximum Gasteiger partial charge on any atom is 0.211 e. The quantitative estimate of drug-likeness (QED) is 0.535. The van der Waals surface area contributed by atoms with Crippen molar-refractivity contribution in [1.29, 1.82) is 0 Å². The molecule has 6 atom stereocenters. The summed E-state index contributed by atoms with van der Waals surface area (Å²) < 4.78 is 33.6. The van der Waals surface area contributed by atoms with Crippen LogP contribution in [0.4, 0.5) is 0 Å². The Bertz CT molecular complexity index is 1430. The summed E-state index contributed by atoms with van der Waals surface area (Å²) in [5, 5.41) is 2.46. The highest BCUT2D eigenvalue weighted by molar-refractivity contribution is 7.88. The van der Waals surface area contributed by atoms with Crippen molar-refractivity contribution in [1.82, 2.24) is 9.29 Å². The highest BCUT2D eigenvalue weighted by Crippen LogP contribution is 2.69. The summed E-state index contributed by atoms with van der Waals surface area (Å²) in [5.74, 6) is 0.977. The molecular formula is C30H36N2O3S. The first kappa shape index (κ1) is 23.1. The number of hydrogen-bond acceptors (Lipinski definition) is 4. The number of fused-ring (bicyclic) bond motifs is 2. The van der Waals surface area contributed by atoms with Gasteiger partial charge >= 0.3 is 0 Å². The molecule has 36 heavy (non-hydrogen) atoms. The van der Waals surface area contributed by atoms with Crippen molar-refractivity contribution in [2.24, 2.45) is 11.3 Å². The zero-order chi connectivity index (χ0) is 24.9.